The molecule has 0 bridgehead atoms. The summed E-state index contributed by atoms with van der Waals surface area (Å²) in [5.74, 6) is 1.23. The molecule has 1 aliphatic rings. The third-order valence-corrected chi connectivity index (χ3v) is 3.67. The Morgan fingerprint density at radius 3 is 2.88 bits per heavy atom. The lowest BCUT2D eigenvalue weighted by Gasteiger charge is -2.34. The first-order valence-corrected chi connectivity index (χ1v) is 6.61. The molecular weight excluding hydrogens is 236 g/mol. The Labute approximate surface area is 108 Å². The lowest BCUT2D eigenvalue weighted by molar-refractivity contribution is 0.139. The number of pyridine rings is 1. The molecule has 0 atom stereocenters. The number of hydrogen-bond donors (Lipinski definition) is 0. The average Bonchev–Trinajstić information content (AvgIpc) is 2.40. The van der Waals surface area contributed by atoms with Crippen LogP contribution in [0.4, 0.5) is 5.69 Å². The monoisotopic (exact) mass is 254 g/mol. The average molecular weight is 255 g/mol. The molecule has 4 heteroatoms. The molecule has 1 saturated heterocycles. The molecule has 2 rings (SSSR count). The van der Waals surface area contributed by atoms with E-state index < -0.39 is 0 Å². The SMILES string of the molecule is COCC1CCN(c2ccncc2CCl)CC1. The van der Waals surface area contributed by atoms with Crippen molar-refractivity contribution in [3.05, 3.63) is 24.0 Å². The smallest absolute Gasteiger partial charge is 0.0509 e. The Hall–Kier alpha value is -0.800. The molecule has 0 N–H and O–H groups in total. The number of hydrogen-bond acceptors (Lipinski definition) is 3. The van der Waals surface area contributed by atoms with Gasteiger partial charge in [-0.25, -0.2) is 0 Å². The fraction of sp³-hybridized carbons (Fsp3) is 0.615. The highest BCUT2D eigenvalue weighted by Gasteiger charge is 2.20. The highest BCUT2D eigenvalue weighted by molar-refractivity contribution is 6.17. The largest absolute Gasteiger partial charge is 0.384 e. The molecule has 1 aromatic rings. The normalized spacial score (nSPS) is 17.4. The summed E-state index contributed by atoms with van der Waals surface area (Å²) >= 11 is 5.94. The van der Waals surface area contributed by atoms with Crippen LogP contribution in [0, 0.1) is 5.92 Å². The van der Waals surface area contributed by atoms with Crippen molar-refractivity contribution in [2.75, 3.05) is 31.7 Å². The van der Waals surface area contributed by atoms with Crippen LogP contribution in [-0.2, 0) is 10.6 Å². The highest BCUT2D eigenvalue weighted by atomic mass is 35.5. The summed E-state index contributed by atoms with van der Waals surface area (Å²) in [7, 11) is 1.78. The van der Waals surface area contributed by atoms with Gasteiger partial charge in [-0.1, -0.05) is 0 Å². The number of nitrogens with zero attached hydrogens (tertiary/aromatic N) is 2. The van der Waals surface area contributed by atoms with E-state index in [1.807, 2.05) is 12.4 Å². The van der Waals surface area contributed by atoms with Crippen LogP contribution in [0.15, 0.2) is 18.5 Å². The van der Waals surface area contributed by atoms with Crippen LogP contribution in [0.2, 0.25) is 0 Å². The summed E-state index contributed by atoms with van der Waals surface area (Å²) in [6.07, 6.45) is 6.09. The molecule has 17 heavy (non-hydrogen) atoms. The van der Waals surface area contributed by atoms with Crippen LogP contribution in [-0.4, -0.2) is 31.8 Å². The second-order valence-electron chi connectivity index (χ2n) is 4.52. The number of ether oxygens (including phenoxy) is 1. The lowest BCUT2D eigenvalue weighted by Crippen LogP contribution is -2.35. The second kappa shape index (κ2) is 6.22. The summed E-state index contributed by atoms with van der Waals surface area (Å²) < 4.78 is 5.22. The molecule has 0 saturated carbocycles. The molecule has 0 amide bonds. The van der Waals surface area contributed by atoms with Gasteiger partial charge in [0, 0.05) is 50.5 Å². The van der Waals surface area contributed by atoms with Gasteiger partial charge < -0.3 is 9.64 Å². The van der Waals surface area contributed by atoms with Crippen molar-refractivity contribution in [3.63, 3.8) is 0 Å². The third kappa shape index (κ3) is 3.11. The Morgan fingerprint density at radius 1 is 1.47 bits per heavy atom. The molecule has 2 heterocycles. The van der Waals surface area contributed by atoms with Crippen molar-refractivity contribution in [2.24, 2.45) is 5.92 Å². The fourth-order valence-corrected chi connectivity index (χ4v) is 2.61. The first-order chi connectivity index (χ1) is 8.35. The van der Waals surface area contributed by atoms with Crippen molar-refractivity contribution < 1.29 is 4.74 Å². The quantitative estimate of drug-likeness (QED) is 0.773. The zero-order chi connectivity index (χ0) is 12.1. The maximum absolute atomic E-state index is 5.94. The van der Waals surface area contributed by atoms with E-state index in [1.54, 1.807) is 7.11 Å². The van der Waals surface area contributed by atoms with Gasteiger partial charge in [0.05, 0.1) is 5.88 Å². The van der Waals surface area contributed by atoms with Crippen molar-refractivity contribution in [2.45, 2.75) is 18.7 Å². The van der Waals surface area contributed by atoms with Crippen LogP contribution < -0.4 is 4.90 Å². The number of piperidine rings is 1. The summed E-state index contributed by atoms with van der Waals surface area (Å²) in [5, 5.41) is 0. The van der Waals surface area contributed by atoms with Crippen molar-refractivity contribution in [1.29, 1.82) is 0 Å². The fourth-order valence-electron chi connectivity index (χ4n) is 2.41. The van der Waals surface area contributed by atoms with Gasteiger partial charge in [-0.15, -0.1) is 11.6 Å². The van der Waals surface area contributed by atoms with Crippen LogP contribution in [0.25, 0.3) is 0 Å². The van der Waals surface area contributed by atoms with Gasteiger partial charge >= 0.3 is 0 Å². The predicted octanol–water partition coefficient (Wildman–Crippen LogP) is 2.68. The molecule has 0 aromatic carbocycles. The zero-order valence-electron chi connectivity index (χ0n) is 10.2. The molecule has 1 aliphatic heterocycles. The maximum atomic E-state index is 5.94. The van der Waals surface area contributed by atoms with E-state index in [-0.39, 0.29) is 0 Å². The molecule has 94 valence electrons. The highest BCUT2D eigenvalue weighted by Crippen LogP contribution is 2.26. The number of rotatable bonds is 4. The van der Waals surface area contributed by atoms with E-state index in [9.17, 15) is 0 Å². The Morgan fingerprint density at radius 2 is 2.24 bits per heavy atom. The Kier molecular flexibility index (Phi) is 4.63. The molecular formula is C13H19ClN2O. The second-order valence-corrected chi connectivity index (χ2v) is 4.79. The van der Waals surface area contributed by atoms with E-state index in [2.05, 4.69) is 16.0 Å². The first-order valence-electron chi connectivity index (χ1n) is 6.08. The van der Waals surface area contributed by atoms with Crippen LogP contribution in [0.1, 0.15) is 18.4 Å². The summed E-state index contributed by atoms with van der Waals surface area (Å²) in [6, 6.07) is 2.06. The van der Waals surface area contributed by atoms with Gasteiger partial charge in [0.2, 0.25) is 0 Å². The minimum atomic E-state index is 0.529. The van der Waals surface area contributed by atoms with E-state index in [1.165, 1.54) is 18.5 Å². The van der Waals surface area contributed by atoms with Gasteiger partial charge in [0.15, 0.2) is 0 Å². The third-order valence-electron chi connectivity index (χ3n) is 3.38. The summed E-state index contributed by atoms with van der Waals surface area (Å²) in [5.41, 5.74) is 2.37. The molecule has 3 nitrogen and oxygen atoms in total. The molecule has 0 unspecified atom stereocenters. The number of aromatic nitrogens is 1. The number of methoxy groups -OCH3 is 1. The number of halogens is 1. The van der Waals surface area contributed by atoms with E-state index in [0.29, 0.717) is 11.8 Å². The van der Waals surface area contributed by atoms with Crippen LogP contribution >= 0.6 is 11.6 Å². The molecule has 0 radical (unpaired) electrons. The van der Waals surface area contributed by atoms with E-state index in [4.69, 9.17) is 16.3 Å². The number of anilines is 1. The van der Waals surface area contributed by atoms with Gasteiger partial charge in [-0.3, -0.25) is 4.98 Å². The van der Waals surface area contributed by atoms with Crippen molar-refractivity contribution in [1.82, 2.24) is 4.98 Å². The van der Waals surface area contributed by atoms with E-state index >= 15 is 0 Å². The summed E-state index contributed by atoms with van der Waals surface area (Å²) in [4.78, 5) is 6.53. The van der Waals surface area contributed by atoms with Crippen molar-refractivity contribution in [3.8, 4) is 0 Å². The standard InChI is InChI=1S/C13H19ClN2O/c1-17-10-11-3-6-16(7-4-11)13-2-5-15-9-12(13)8-14/h2,5,9,11H,3-4,6-8,10H2,1H3. The molecule has 0 aliphatic carbocycles. The molecule has 1 fully saturated rings. The zero-order valence-corrected chi connectivity index (χ0v) is 11.0. The van der Waals surface area contributed by atoms with Gasteiger partial charge in [0.1, 0.15) is 0 Å². The Bertz CT molecular complexity index is 351. The predicted molar refractivity (Wildman–Crippen MR) is 70.6 cm³/mol. The molecule has 1 aromatic heterocycles. The Balaban J connectivity index is 2.00. The minimum absolute atomic E-state index is 0.529. The van der Waals surface area contributed by atoms with Gasteiger partial charge in [-0.2, -0.15) is 0 Å². The van der Waals surface area contributed by atoms with Gasteiger partial charge in [-0.05, 0) is 24.8 Å². The molecule has 0 spiro atoms. The number of alkyl halides is 1. The van der Waals surface area contributed by atoms with E-state index in [0.717, 1.165) is 25.3 Å². The van der Waals surface area contributed by atoms with Crippen molar-refractivity contribution >= 4 is 17.3 Å². The summed E-state index contributed by atoms with van der Waals surface area (Å²) in [6.45, 7) is 3.05. The maximum Gasteiger partial charge on any atom is 0.0509 e. The van der Waals surface area contributed by atoms with Crippen LogP contribution in [0.5, 0.6) is 0 Å². The topological polar surface area (TPSA) is 25.4 Å². The van der Waals surface area contributed by atoms with Gasteiger partial charge in [0.25, 0.3) is 0 Å². The first kappa shape index (κ1) is 12.7. The minimum Gasteiger partial charge on any atom is -0.384 e. The van der Waals surface area contributed by atoms with Crippen LogP contribution in [0.3, 0.4) is 0 Å². The lowest BCUT2D eigenvalue weighted by atomic mass is 9.97.